The van der Waals surface area contributed by atoms with E-state index in [-0.39, 0.29) is 6.03 Å². The van der Waals surface area contributed by atoms with Gasteiger partial charge in [-0.05, 0) is 13.8 Å². The molecule has 1 saturated heterocycles. The Hall–Kier alpha value is -2.00. The molecule has 1 N–H and O–H groups in total. The van der Waals surface area contributed by atoms with Crippen LogP contribution in [0.2, 0.25) is 0 Å². The van der Waals surface area contributed by atoms with Crippen molar-refractivity contribution in [2.24, 2.45) is 0 Å². The molecule has 9 heteroatoms. The zero-order chi connectivity index (χ0) is 16.9. The summed E-state index contributed by atoms with van der Waals surface area (Å²) in [5.41, 5.74) is 0. The zero-order valence-corrected chi connectivity index (χ0v) is 14.8. The van der Waals surface area contributed by atoms with Crippen LogP contribution in [-0.2, 0) is 13.0 Å². The summed E-state index contributed by atoms with van der Waals surface area (Å²) in [5, 5.41) is 7.74. The van der Waals surface area contributed by atoms with Gasteiger partial charge in [0.2, 0.25) is 5.89 Å². The predicted octanol–water partition coefficient (Wildman–Crippen LogP) is 1.21. The van der Waals surface area contributed by atoms with Crippen LogP contribution in [0.1, 0.15) is 21.6 Å². The van der Waals surface area contributed by atoms with Gasteiger partial charge in [-0.25, -0.2) is 9.78 Å². The maximum Gasteiger partial charge on any atom is 0.317 e. The molecule has 0 saturated carbocycles. The first-order valence-electron chi connectivity index (χ1n) is 8.06. The summed E-state index contributed by atoms with van der Waals surface area (Å²) < 4.78 is 5.03. The number of urea groups is 1. The number of aromatic nitrogens is 3. The minimum atomic E-state index is -0.0282. The molecule has 1 aliphatic rings. The molecule has 0 bridgehead atoms. The van der Waals surface area contributed by atoms with Crippen LogP contribution in [0.5, 0.6) is 0 Å². The molecule has 0 spiro atoms. The van der Waals surface area contributed by atoms with Crippen LogP contribution in [0, 0.1) is 13.8 Å². The number of amides is 2. The highest BCUT2D eigenvalue weighted by atomic mass is 32.1. The number of thiazole rings is 1. The molecule has 0 aliphatic carbocycles. The number of carbonyl (C=O) groups excluding carboxylic acids is 1. The van der Waals surface area contributed by atoms with Crippen molar-refractivity contribution in [1.82, 2.24) is 30.2 Å². The Morgan fingerprint density at radius 2 is 2.12 bits per heavy atom. The molecule has 3 rings (SSSR count). The second-order valence-electron chi connectivity index (χ2n) is 5.83. The molecule has 24 heavy (non-hydrogen) atoms. The molecule has 2 aromatic heterocycles. The lowest BCUT2D eigenvalue weighted by atomic mass is 10.3. The van der Waals surface area contributed by atoms with Crippen LogP contribution < -0.4 is 5.32 Å². The van der Waals surface area contributed by atoms with Gasteiger partial charge in [-0.2, -0.15) is 4.98 Å². The quantitative estimate of drug-likeness (QED) is 0.872. The van der Waals surface area contributed by atoms with E-state index >= 15 is 0 Å². The molecule has 2 aromatic rings. The fourth-order valence-corrected chi connectivity index (χ4v) is 3.48. The topological polar surface area (TPSA) is 87.4 Å². The summed E-state index contributed by atoms with van der Waals surface area (Å²) in [6.07, 6.45) is 2.50. The average molecular weight is 350 g/mol. The second-order valence-corrected chi connectivity index (χ2v) is 7.15. The van der Waals surface area contributed by atoms with Crippen molar-refractivity contribution in [3.05, 3.63) is 27.8 Å². The number of rotatable bonds is 5. The smallest absolute Gasteiger partial charge is 0.317 e. The molecular weight excluding hydrogens is 328 g/mol. The Balaban J connectivity index is 1.37. The molecule has 0 aromatic carbocycles. The first kappa shape index (κ1) is 16.8. The second kappa shape index (κ2) is 7.71. The molecule has 3 heterocycles. The van der Waals surface area contributed by atoms with Gasteiger partial charge >= 0.3 is 6.03 Å². The van der Waals surface area contributed by atoms with E-state index < -0.39 is 0 Å². The zero-order valence-electron chi connectivity index (χ0n) is 14.0. The number of piperazine rings is 1. The van der Waals surface area contributed by atoms with Crippen LogP contribution in [0.15, 0.2) is 10.7 Å². The van der Waals surface area contributed by atoms with Gasteiger partial charge in [-0.1, -0.05) is 5.16 Å². The predicted molar refractivity (Wildman–Crippen MR) is 89.8 cm³/mol. The number of nitrogens with zero attached hydrogens (tertiary/aromatic N) is 5. The van der Waals surface area contributed by atoms with Gasteiger partial charge in [0.05, 0.1) is 5.01 Å². The van der Waals surface area contributed by atoms with Gasteiger partial charge in [0.1, 0.15) is 0 Å². The fourth-order valence-electron chi connectivity index (χ4n) is 2.64. The summed E-state index contributed by atoms with van der Waals surface area (Å²) >= 11 is 1.73. The SMILES string of the molecule is Cc1noc(CCNC(=O)N2CCN(Cc3cnc(C)s3)CC2)n1. The van der Waals surface area contributed by atoms with Crippen LogP contribution in [0.4, 0.5) is 4.79 Å². The Morgan fingerprint density at radius 3 is 2.75 bits per heavy atom. The summed E-state index contributed by atoms with van der Waals surface area (Å²) in [6, 6.07) is -0.0282. The van der Waals surface area contributed by atoms with Crippen molar-refractivity contribution in [3.63, 3.8) is 0 Å². The van der Waals surface area contributed by atoms with Crippen molar-refractivity contribution >= 4 is 17.4 Å². The lowest BCUT2D eigenvalue weighted by Gasteiger charge is -2.34. The number of hydrogen-bond acceptors (Lipinski definition) is 7. The maximum absolute atomic E-state index is 12.2. The maximum atomic E-state index is 12.2. The molecule has 2 amide bonds. The van der Waals surface area contributed by atoms with Crippen molar-refractivity contribution in [1.29, 1.82) is 0 Å². The van der Waals surface area contributed by atoms with Crippen molar-refractivity contribution < 1.29 is 9.32 Å². The van der Waals surface area contributed by atoms with E-state index in [9.17, 15) is 4.79 Å². The van der Waals surface area contributed by atoms with Gasteiger partial charge < -0.3 is 14.7 Å². The monoisotopic (exact) mass is 350 g/mol. The van der Waals surface area contributed by atoms with E-state index in [2.05, 4.69) is 25.3 Å². The van der Waals surface area contributed by atoms with Crippen LogP contribution in [0.3, 0.4) is 0 Å². The van der Waals surface area contributed by atoms with E-state index in [0.29, 0.717) is 24.7 Å². The number of carbonyl (C=O) groups is 1. The number of hydrogen-bond donors (Lipinski definition) is 1. The van der Waals surface area contributed by atoms with Crippen molar-refractivity contribution in [2.45, 2.75) is 26.8 Å². The highest BCUT2D eigenvalue weighted by Gasteiger charge is 2.21. The van der Waals surface area contributed by atoms with E-state index in [0.717, 1.165) is 37.7 Å². The van der Waals surface area contributed by atoms with Crippen LogP contribution in [0.25, 0.3) is 0 Å². The normalized spacial score (nSPS) is 15.7. The molecule has 1 fully saturated rings. The average Bonchev–Trinajstić information content (AvgIpc) is 3.16. The summed E-state index contributed by atoms with van der Waals surface area (Å²) in [7, 11) is 0. The van der Waals surface area contributed by atoms with Crippen LogP contribution >= 0.6 is 11.3 Å². The van der Waals surface area contributed by atoms with Gasteiger partial charge in [0.25, 0.3) is 0 Å². The minimum absolute atomic E-state index is 0.0282. The first-order chi connectivity index (χ1) is 11.6. The summed E-state index contributed by atoms with van der Waals surface area (Å²) in [4.78, 5) is 26.1. The lowest BCUT2D eigenvalue weighted by molar-refractivity contribution is 0.136. The molecular formula is C15H22N6O2S. The van der Waals surface area contributed by atoms with Gasteiger partial charge in [-0.15, -0.1) is 11.3 Å². The Morgan fingerprint density at radius 1 is 1.33 bits per heavy atom. The van der Waals surface area contributed by atoms with Gasteiger partial charge in [-0.3, -0.25) is 4.90 Å². The standard InChI is InChI=1S/C15H22N6O2S/c1-11-18-14(23-19-11)3-4-16-15(22)21-7-5-20(6-8-21)10-13-9-17-12(2)24-13/h9H,3-8,10H2,1-2H3,(H,16,22). The third kappa shape index (κ3) is 4.51. The van der Waals surface area contributed by atoms with Crippen molar-refractivity contribution in [2.75, 3.05) is 32.7 Å². The summed E-state index contributed by atoms with van der Waals surface area (Å²) in [5.74, 6) is 1.17. The van der Waals surface area contributed by atoms with E-state index in [4.69, 9.17) is 4.52 Å². The molecule has 0 unspecified atom stereocenters. The van der Waals surface area contributed by atoms with E-state index in [1.54, 1.807) is 18.3 Å². The third-order valence-corrected chi connectivity index (χ3v) is 4.79. The third-order valence-electron chi connectivity index (χ3n) is 3.89. The summed E-state index contributed by atoms with van der Waals surface area (Å²) in [6.45, 7) is 8.45. The number of aryl methyl sites for hydroxylation is 2. The molecule has 8 nitrogen and oxygen atoms in total. The highest BCUT2D eigenvalue weighted by molar-refractivity contribution is 7.11. The molecule has 0 radical (unpaired) electrons. The number of nitrogens with one attached hydrogen (secondary N) is 1. The Labute approximate surface area is 144 Å². The molecule has 1 aliphatic heterocycles. The van der Waals surface area contributed by atoms with Crippen LogP contribution in [-0.4, -0.2) is 63.7 Å². The highest BCUT2D eigenvalue weighted by Crippen LogP contribution is 2.15. The van der Waals surface area contributed by atoms with Gasteiger partial charge in [0, 0.05) is 56.8 Å². The largest absolute Gasteiger partial charge is 0.339 e. The van der Waals surface area contributed by atoms with Gasteiger partial charge in [0.15, 0.2) is 5.82 Å². The Bertz CT molecular complexity index is 677. The van der Waals surface area contributed by atoms with E-state index in [1.807, 2.05) is 18.0 Å². The van der Waals surface area contributed by atoms with Crippen molar-refractivity contribution in [3.8, 4) is 0 Å². The molecule has 130 valence electrons. The lowest BCUT2D eigenvalue weighted by Crippen LogP contribution is -2.51. The fraction of sp³-hybridized carbons (Fsp3) is 0.600. The minimum Gasteiger partial charge on any atom is -0.339 e. The first-order valence-corrected chi connectivity index (χ1v) is 8.87. The molecule has 0 atom stereocenters. The Kier molecular flexibility index (Phi) is 5.41. The van der Waals surface area contributed by atoms with E-state index in [1.165, 1.54) is 4.88 Å².